The van der Waals surface area contributed by atoms with Gasteiger partial charge in [0, 0.05) is 6.54 Å². The van der Waals surface area contributed by atoms with E-state index in [1.165, 1.54) is 0 Å². The van der Waals surface area contributed by atoms with Crippen molar-refractivity contribution in [1.82, 2.24) is 5.32 Å². The minimum atomic E-state index is -0.490. The maximum absolute atomic E-state index is 9.39. The first-order valence-corrected chi connectivity index (χ1v) is 3.54. The molecule has 62 valence electrons. The molecule has 0 amide bonds. The van der Waals surface area contributed by atoms with Crippen molar-refractivity contribution in [3.05, 3.63) is 37.0 Å². The molecule has 0 bridgehead atoms. The van der Waals surface area contributed by atoms with Crippen molar-refractivity contribution in [3.8, 4) is 0 Å². The number of hydrogen-bond acceptors (Lipinski definition) is 2. The van der Waals surface area contributed by atoms with Gasteiger partial charge in [-0.25, -0.2) is 0 Å². The second kappa shape index (κ2) is 5.89. The number of hydrogen-bond donors (Lipinski definition) is 2. The minimum Gasteiger partial charge on any atom is -0.387 e. The summed E-state index contributed by atoms with van der Waals surface area (Å²) in [5, 5.41) is 12.3. The molecule has 0 aliphatic rings. The molecule has 0 aromatic rings. The highest BCUT2D eigenvalue weighted by Gasteiger charge is 2.03. The van der Waals surface area contributed by atoms with E-state index in [1.807, 2.05) is 0 Å². The molecule has 0 aromatic carbocycles. The molecule has 2 heteroatoms. The summed E-state index contributed by atoms with van der Waals surface area (Å²) in [6.07, 6.45) is 4.52. The fraction of sp³-hybridized carbons (Fsp3) is 0.333. The van der Waals surface area contributed by atoms with Gasteiger partial charge in [0.15, 0.2) is 0 Å². The van der Waals surface area contributed by atoms with Gasteiger partial charge < -0.3 is 10.4 Å². The maximum atomic E-state index is 9.39. The number of aliphatic hydroxyl groups is 1. The largest absolute Gasteiger partial charge is 0.387 e. The molecule has 0 aliphatic heterocycles. The quantitative estimate of drug-likeness (QED) is 0.574. The third-order valence-corrected chi connectivity index (χ3v) is 1.33. The molecule has 0 heterocycles. The number of likely N-dealkylation sites (N-methyl/N-ethyl adjacent to an activating group) is 1. The first kappa shape index (κ1) is 10.1. The molecule has 0 aromatic heterocycles. The van der Waals surface area contributed by atoms with Gasteiger partial charge >= 0.3 is 0 Å². The van der Waals surface area contributed by atoms with Gasteiger partial charge in [0.25, 0.3) is 0 Å². The minimum absolute atomic E-state index is 0.490. The zero-order valence-corrected chi connectivity index (χ0v) is 6.88. The Balaban J connectivity index is 4.12. The van der Waals surface area contributed by atoms with Crippen molar-refractivity contribution < 1.29 is 5.11 Å². The van der Waals surface area contributed by atoms with Crippen LogP contribution in [0.4, 0.5) is 0 Å². The lowest BCUT2D eigenvalue weighted by atomic mass is 10.1. The molecule has 0 rings (SSSR count). The lowest BCUT2D eigenvalue weighted by Gasteiger charge is -2.09. The summed E-state index contributed by atoms with van der Waals surface area (Å²) in [6.45, 7) is 7.65. The molecule has 11 heavy (non-hydrogen) atoms. The van der Waals surface area contributed by atoms with Crippen LogP contribution in [0.5, 0.6) is 0 Å². The van der Waals surface area contributed by atoms with Crippen LogP contribution in [-0.2, 0) is 0 Å². The fourth-order valence-corrected chi connectivity index (χ4v) is 0.762. The second-order valence-electron chi connectivity index (χ2n) is 2.18. The Kier molecular flexibility index (Phi) is 5.43. The van der Waals surface area contributed by atoms with Crippen molar-refractivity contribution in [2.75, 3.05) is 13.6 Å². The summed E-state index contributed by atoms with van der Waals surface area (Å²) in [5.41, 5.74) is 0.786. The SMILES string of the molecule is C=C/C=C(\C=C)[C@@H](O)CNC. The van der Waals surface area contributed by atoms with Crippen molar-refractivity contribution in [2.24, 2.45) is 0 Å². The molecule has 0 spiro atoms. The molecule has 0 saturated heterocycles. The molecule has 0 aliphatic carbocycles. The lowest BCUT2D eigenvalue weighted by molar-refractivity contribution is 0.214. The Morgan fingerprint density at radius 2 is 2.27 bits per heavy atom. The number of nitrogens with one attached hydrogen (secondary N) is 1. The summed E-state index contributed by atoms with van der Waals surface area (Å²) in [4.78, 5) is 0. The Morgan fingerprint density at radius 3 is 2.64 bits per heavy atom. The van der Waals surface area contributed by atoms with Gasteiger partial charge in [0.05, 0.1) is 6.10 Å². The molecule has 0 fully saturated rings. The molecule has 0 saturated carbocycles. The van der Waals surface area contributed by atoms with Gasteiger partial charge in [-0.3, -0.25) is 0 Å². The van der Waals surface area contributed by atoms with Crippen LogP contribution in [0.15, 0.2) is 37.0 Å². The van der Waals surface area contributed by atoms with Crippen LogP contribution in [0.3, 0.4) is 0 Å². The third kappa shape index (κ3) is 3.75. The third-order valence-electron chi connectivity index (χ3n) is 1.33. The average Bonchev–Trinajstić information content (AvgIpc) is 2.00. The predicted molar refractivity (Wildman–Crippen MR) is 48.4 cm³/mol. The van der Waals surface area contributed by atoms with Crippen LogP contribution in [0.25, 0.3) is 0 Å². The molecule has 1 atom stereocenters. The fourth-order valence-electron chi connectivity index (χ4n) is 0.762. The van der Waals surface area contributed by atoms with Gasteiger partial charge in [-0.05, 0) is 12.6 Å². The van der Waals surface area contributed by atoms with Gasteiger partial charge in [0.1, 0.15) is 0 Å². The van der Waals surface area contributed by atoms with Gasteiger partial charge in [-0.15, -0.1) is 0 Å². The monoisotopic (exact) mass is 153 g/mol. The van der Waals surface area contributed by atoms with Crippen LogP contribution in [0.1, 0.15) is 0 Å². The van der Waals surface area contributed by atoms with Gasteiger partial charge in [-0.2, -0.15) is 0 Å². The first-order chi connectivity index (χ1) is 5.26. The van der Waals surface area contributed by atoms with E-state index in [2.05, 4.69) is 18.5 Å². The Bertz CT molecular complexity index is 161. The summed E-state index contributed by atoms with van der Waals surface area (Å²) in [6, 6.07) is 0. The average molecular weight is 153 g/mol. The lowest BCUT2D eigenvalue weighted by Crippen LogP contribution is -2.24. The van der Waals surface area contributed by atoms with E-state index >= 15 is 0 Å². The maximum Gasteiger partial charge on any atom is 0.0914 e. The predicted octanol–water partition coefficient (Wildman–Crippen LogP) is 0.865. The van der Waals surface area contributed by atoms with E-state index in [4.69, 9.17) is 0 Å². The van der Waals surface area contributed by atoms with E-state index < -0.39 is 6.10 Å². The Morgan fingerprint density at radius 1 is 1.64 bits per heavy atom. The van der Waals surface area contributed by atoms with Crippen molar-refractivity contribution >= 4 is 0 Å². The zero-order valence-electron chi connectivity index (χ0n) is 6.88. The first-order valence-electron chi connectivity index (χ1n) is 3.54. The molecular weight excluding hydrogens is 138 g/mol. The van der Waals surface area contributed by atoms with E-state index in [0.29, 0.717) is 6.54 Å². The normalized spacial score (nSPS) is 14.2. The molecule has 0 radical (unpaired) electrons. The second-order valence-corrected chi connectivity index (χ2v) is 2.18. The summed E-state index contributed by atoms with van der Waals surface area (Å²) in [7, 11) is 1.79. The number of allylic oxidation sites excluding steroid dienone is 2. The summed E-state index contributed by atoms with van der Waals surface area (Å²) < 4.78 is 0. The highest BCUT2D eigenvalue weighted by molar-refractivity contribution is 5.25. The van der Waals surface area contributed by atoms with Crippen LogP contribution in [-0.4, -0.2) is 24.8 Å². The van der Waals surface area contributed by atoms with E-state index in [1.54, 1.807) is 25.3 Å². The van der Waals surface area contributed by atoms with Crippen LogP contribution in [0, 0.1) is 0 Å². The Hall–Kier alpha value is -0.860. The van der Waals surface area contributed by atoms with Crippen molar-refractivity contribution in [1.29, 1.82) is 0 Å². The van der Waals surface area contributed by atoms with Crippen LogP contribution >= 0.6 is 0 Å². The van der Waals surface area contributed by atoms with Gasteiger partial charge in [-0.1, -0.05) is 31.4 Å². The number of aliphatic hydroxyl groups excluding tert-OH is 1. The zero-order chi connectivity index (χ0) is 8.69. The smallest absolute Gasteiger partial charge is 0.0914 e. The highest BCUT2D eigenvalue weighted by Crippen LogP contribution is 2.02. The standard InChI is InChI=1S/C9H15NO/c1-4-6-8(5-2)9(11)7-10-3/h4-6,9-11H,1-2,7H2,3H3/b8-6+/t9-/m0/s1. The molecule has 0 unspecified atom stereocenters. The molecular formula is C9H15NO. The summed E-state index contributed by atoms with van der Waals surface area (Å²) >= 11 is 0. The van der Waals surface area contributed by atoms with E-state index in [0.717, 1.165) is 5.57 Å². The summed E-state index contributed by atoms with van der Waals surface area (Å²) in [5.74, 6) is 0. The Labute approximate surface area is 67.9 Å². The van der Waals surface area contributed by atoms with Crippen molar-refractivity contribution in [2.45, 2.75) is 6.10 Å². The van der Waals surface area contributed by atoms with Crippen LogP contribution < -0.4 is 5.32 Å². The molecule has 2 nitrogen and oxygen atoms in total. The molecule has 2 N–H and O–H groups in total. The van der Waals surface area contributed by atoms with Crippen molar-refractivity contribution in [3.63, 3.8) is 0 Å². The van der Waals surface area contributed by atoms with Gasteiger partial charge in [0.2, 0.25) is 0 Å². The van der Waals surface area contributed by atoms with E-state index in [9.17, 15) is 5.11 Å². The van der Waals surface area contributed by atoms with E-state index in [-0.39, 0.29) is 0 Å². The topological polar surface area (TPSA) is 32.3 Å². The highest BCUT2D eigenvalue weighted by atomic mass is 16.3. The van der Waals surface area contributed by atoms with Crippen LogP contribution in [0.2, 0.25) is 0 Å². The number of rotatable bonds is 5.